The van der Waals surface area contributed by atoms with Crippen LogP contribution in [0.2, 0.25) is 5.02 Å². The van der Waals surface area contributed by atoms with E-state index in [4.69, 9.17) is 11.6 Å². The number of benzene rings is 2. The molecule has 94 valence electrons. The van der Waals surface area contributed by atoms with E-state index in [1.807, 2.05) is 0 Å². The van der Waals surface area contributed by atoms with Gasteiger partial charge in [-0.2, -0.15) is 0 Å². The van der Waals surface area contributed by atoms with Crippen molar-refractivity contribution < 1.29 is 9.50 Å². The van der Waals surface area contributed by atoms with Crippen molar-refractivity contribution in [2.75, 3.05) is 0 Å². The quantitative estimate of drug-likeness (QED) is 0.656. The molecule has 0 saturated carbocycles. The second kappa shape index (κ2) is 5.86. The summed E-state index contributed by atoms with van der Waals surface area (Å²) in [4.78, 5) is 0. The molecule has 1 N–H and O–H groups in total. The third kappa shape index (κ3) is 3.04. The fourth-order valence-corrected chi connectivity index (χ4v) is 2.49. The first-order valence-corrected chi connectivity index (χ1v) is 7.32. The number of hydrogen-bond acceptors (Lipinski definition) is 1. The summed E-state index contributed by atoms with van der Waals surface area (Å²) in [5.41, 5.74) is 0.791. The zero-order chi connectivity index (χ0) is 13.3. The van der Waals surface area contributed by atoms with Crippen LogP contribution in [0.25, 0.3) is 0 Å². The minimum atomic E-state index is -1.03. The maximum absolute atomic E-state index is 13.7. The van der Waals surface area contributed by atoms with Crippen molar-refractivity contribution in [3.05, 3.63) is 66.4 Å². The molecule has 0 saturated heterocycles. The van der Waals surface area contributed by atoms with Gasteiger partial charge in [0.2, 0.25) is 0 Å². The fraction of sp³-hybridized carbons (Fsp3) is 0.0769. The van der Waals surface area contributed by atoms with Gasteiger partial charge in [0.05, 0.1) is 5.02 Å². The lowest BCUT2D eigenvalue weighted by Crippen LogP contribution is -2.03. The largest absolute Gasteiger partial charge is 0.384 e. The summed E-state index contributed by atoms with van der Waals surface area (Å²) >= 11 is 11.3. The van der Waals surface area contributed by atoms with E-state index in [0.717, 1.165) is 8.04 Å². The first kappa shape index (κ1) is 14.2. The Balaban J connectivity index is 2.44. The first-order chi connectivity index (χ1) is 8.49. The second-order valence-electron chi connectivity index (χ2n) is 3.74. The van der Waals surface area contributed by atoms with Crippen LogP contribution in [0.3, 0.4) is 0 Å². The zero-order valence-corrected chi connectivity index (χ0v) is 13.5. The van der Waals surface area contributed by atoms with Gasteiger partial charge in [-0.15, -0.1) is 0 Å². The van der Waals surface area contributed by atoms with Crippen LogP contribution in [0, 0.1) is 9.39 Å². The average molecular weight is 441 g/mol. The molecular formula is C13H8BrClFIO. The van der Waals surface area contributed by atoms with E-state index < -0.39 is 11.9 Å². The van der Waals surface area contributed by atoms with E-state index in [1.165, 1.54) is 6.07 Å². The average Bonchev–Trinajstić information content (AvgIpc) is 2.35. The van der Waals surface area contributed by atoms with E-state index >= 15 is 0 Å². The molecule has 2 aromatic rings. The molecule has 0 radical (unpaired) electrons. The van der Waals surface area contributed by atoms with Crippen LogP contribution in [0.5, 0.6) is 0 Å². The third-order valence-electron chi connectivity index (χ3n) is 2.51. The summed E-state index contributed by atoms with van der Waals surface area (Å²) in [6.07, 6.45) is -1.03. The number of aliphatic hydroxyl groups is 1. The Bertz CT molecular complexity index is 591. The van der Waals surface area contributed by atoms with Gasteiger partial charge in [0.25, 0.3) is 0 Å². The van der Waals surface area contributed by atoms with Gasteiger partial charge >= 0.3 is 0 Å². The molecule has 5 heteroatoms. The minimum absolute atomic E-state index is 0.224. The molecule has 2 rings (SSSR count). The van der Waals surface area contributed by atoms with Crippen LogP contribution in [-0.2, 0) is 0 Å². The first-order valence-electron chi connectivity index (χ1n) is 5.07. The van der Waals surface area contributed by atoms with Gasteiger partial charge in [0.1, 0.15) is 11.9 Å². The highest BCUT2D eigenvalue weighted by Gasteiger charge is 2.16. The maximum atomic E-state index is 13.7. The summed E-state index contributed by atoms with van der Waals surface area (Å²) in [5.74, 6) is -0.444. The Hall–Kier alpha value is -0.170. The lowest BCUT2D eigenvalue weighted by molar-refractivity contribution is 0.215. The Kier molecular flexibility index (Phi) is 4.64. The molecule has 1 nitrogen and oxygen atoms in total. The van der Waals surface area contributed by atoms with E-state index in [9.17, 15) is 9.50 Å². The van der Waals surface area contributed by atoms with Gasteiger partial charge in [-0.05, 0) is 58.5 Å². The Morgan fingerprint density at radius 3 is 2.61 bits per heavy atom. The maximum Gasteiger partial charge on any atom is 0.129 e. The number of aliphatic hydroxyl groups excluding tert-OH is 1. The van der Waals surface area contributed by atoms with Gasteiger partial charge in [-0.1, -0.05) is 33.6 Å². The van der Waals surface area contributed by atoms with Crippen LogP contribution in [-0.4, -0.2) is 5.11 Å². The SMILES string of the molecule is OC(c1ccc(I)c(Cl)c1)c1cc(Br)ccc1F. The molecule has 1 unspecified atom stereocenters. The van der Waals surface area contributed by atoms with Crippen LogP contribution < -0.4 is 0 Å². The molecule has 0 aliphatic heterocycles. The summed E-state index contributed by atoms with van der Waals surface area (Å²) in [6, 6.07) is 9.64. The lowest BCUT2D eigenvalue weighted by Gasteiger charge is -2.13. The van der Waals surface area contributed by atoms with Crippen molar-refractivity contribution in [1.29, 1.82) is 0 Å². The van der Waals surface area contributed by atoms with Crippen LogP contribution in [0.4, 0.5) is 4.39 Å². The molecular weight excluding hydrogens is 433 g/mol. The van der Waals surface area contributed by atoms with Crippen molar-refractivity contribution >= 4 is 50.1 Å². The second-order valence-corrected chi connectivity index (χ2v) is 6.23. The van der Waals surface area contributed by atoms with E-state index in [2.05, 4.69) is 38.5 Å². The number of rotatable bonds is 2. The van der Waals surface area contributed by atoms with Crippen molar-refractivity contribution in [2.45, 2.75) is 6.10 Å². The van der Waals surface area contributed by atoms with E-state index in [-0.39, 0.29) is 5.56 Å². The van der Waals surface area contributed by atoms with Crippen molar-refractivity contribution in [3.63, 3.8) is 0 Å². The molecule has 0 amide bonds. The van der Waals surface area contributed by atoms with Crippen LogP contribution in [0.1, 0.15) is 17.2 Å². The molecule has 0 bridgehead atoms. The Morgan fingerprint density at radius 2 is 1.94 bits per heavy atom. The van der Waals surface area contributed by atoms with E-state index in [0.29, 0.717) is 10.6 Å². The van der Waals surface area contributed by atoms with Gasteiger partial charge < -0.3 is 5.11 Å². The van der Waals surface area contributed by atoms with Crippen molar-refractivity contribution in [1.82, 2.24) is 0 Å². The van der Waals surface area contributed by atoms with E-state index in [1.54, 1.807) is 30.3 Å². The molecule has 0 fully saturated rings. The Morgan fingerprint density at radius 1 is 1.22 bits per heavy atom. The molecule has 0 aromatic heterocycles. The van der Waals surface area contributed by atoms with Gasteiger partial charge in [-0.25, -0.2) is 4.39 Å². The topological polar surface area (TPSA) is 20.2 Å². The number of halogens is 4. The summed E-state index contributed by atoms with van der Waals surface area (Å²) in [5, 5.41) is 10.7. The molecule has 18 heavy (non-hydrogen) atoms. The highest BCUT2D eigenvalue weighted by Crippen LogP contribution is 2.29. The van der Waals surface area contributed by atoms with Crippen molar-refractivity contribution in [2.24, 2.45) is 0 Å². The lowest BCUT2D eigenvalue weighted by atomic mass is 10.0. The normalized spacial score (nSPS) is 12.5. The molecule has 0 aliphatic carbocycles. The van der Waals surface area contributed by atoms with Crippen LogP contribution >= 0.6 is 50.1 Å². The molecule has 0 aliphatic rings. The summed E-state index contributed by atoms with van der Waals surface area (Å²) < 4.78 is 15.3. The predicted molar refractivity (Wildman–Crippen MR) is 82.3 cm³/mol. The smallest absolute Gasteiger partial charge is 0.129 e. The molecule has 0 spiro atoms. The number of hydrogen-bond donors (Lipinski definition) is 1. The van der Waals surface area contributed by atoms with Crippen molar-refractivity contribution in [3.8, 4) is 0 Å². The van der Waals surface area contributed by atoms with Gasteiger partial charge in [0.15, 0.2) is 0 Å². The Labute approximate surface area is 131 Å². The monoisotopic (exact) mass is 440 g/mol. The summed E-state index contributed by atoms with van der Waals surface area (Å²) in [7, 11) is 0. The van der Waals surface area contributed by atoms with Gasteiger partial charge in [0, 0.05) is 13.6 Å². The predicted octanol–water partition coefficient (Wildman–Crippen LogP) is 4.93. The summed E-state index contributed by atoms with van der Waals surface area (Å²) in [6.45, 7) is 0. The standard InChI is InChI=1S/C13H8BrClFIO/c14-8-2-3-11(16)9(6-8)13(18)7-1-4-12(17)10(15)5-7/h1-6,13,18H. The highest BCUT2D eigenvalue weighted by molar-refractivity contribution is 14.1. The minimum Gasteiger partial charge on any atom is -0.384 e. The van der Waals surface area contributed by atoms with Gasteiger partial charge in [-0.3, -0.25) is 0 Å². The molecule has 1 atom stereocenters. The van der Waals surface area contributed by atoms with Crippen LogP contribution in [0.15, 0.2) is 40.9 Å². The highest BCUT2D eigenvalue weighted by atomic mass is 127. The molecule has 0 heterocycles. The fourth-order valence-electron chi connectivity index (χ4n) is 1.59. The molecule has 2 aromatic carbocycles. The third-order valence-corrected chi connectivity index (χ3v) is 4.58. The zero-order valence-electron chi connectivity index (χ0n) is 9.00.